The molecule has 1 aliphatic carbocycles. The van der Waals surface area contributed by atoms with Gasteiger partial charge in [0.2, 0.25) is 13.6 Å². The van der Waals surface area contributed by atoms with Crippen LogP contribution in [0.25, 0.3) is 11.1 Å². The molecule has 210 valence electrons. The van der Waals surface area contributed by atoms with Crippen LogP contribution in [0.2, 0.25) is 0 Å². The number of rotatable bonds is 14. The highest BCUT2D eigenvalue weighted by molar-refractivity contribution is 5.88. The first kappa shape index (κ1) is 29.9. The van der Waals surface area contributed by atoms with Crippen molar-refractivity contribution in [3.05, 3.63) is 72.3 Å². The van der Waals surface area contributed by atoms with E-state index < -0.39 is 38.7 Å². The molecule has 1 fully saturated rings. The van der Waals surface area contributed by atoms with E-state index in [9.17, 15) is 9.59 Å². The van der Waals surface area contributed by atoms with Crippen molar-refractivity contribution in [3.8, 4) is 22.6 Å². The van der Waals surface area contributed by atoms with Crippen LogP contribution < -0.4 is 9.47 Å². The molecule has 0 unspecified atom stereocenters. The fraction of sp³-hybridized carbons (Fsp3) is 0.419. The summed E-state index contributed by atoms with van der Waals surface area (Å²) in [5, 5.41) is 18.0. The van der Waals surface area contributed by atoms with Gasteiger partial charge in [0.25, 0.3) is 0 Å². The summed E-state index contributed by atoms with van der Waals surface area (Å²) in [6.07, 6.45) is 7.57. The van der Waals surface area contributed by atoms with E-state index in [2.05, 4.69) is 44.3 Å². The number of hydrogen-bond donors (Lipinski definition) is 2. The Hall–Kier alpha value is -3.62. The standard InChI is InChI=1S/C31H38O8/c1-4-5-23-6-8-24(9-7-23)25-10-12-26(13-11-25)27-14-28(36-19-38-30(34)21(2)17-32)16-29(15-27)37-20-39-31(35)22(3)18-33/h10-16,23-24,32-33H,2-9,17-20H2,1H3. The summed E-state index contributed by atoms with van der Waals surface area (Å²) in [6, 6.07) is 13.6. The molecule has 0 atom stereocenters. The van der Waals surface area contributed by atoms with Crippen molar-refractivity contribution < 1.29 is 38.7 Å². The van der Waals surface area contributed by atoms with Gasteiger partial charge in [-0.25, -0.2) is 9.59 Å². The molecule has 39 heavy (non-hydrogen) atoms. The minimum atomic E-state index is -0.763. The van der Waals surface area contributed by atoms with Gasteiger partial charge in [0, 0.05) is 6.07 Å². The number of benzene rings is 2. The van der Waals surface area contributed by atoms with E-state index in [1.807, 2.05) is 0 Å². The zero-order valence-corrected chi connectivity index (χ0v) is 22.5. The minimum Gasteiger partial charge on any atom is -0.457 e. The molecule has 8 nitrogen and oxygen atoms in total. The van der Waals surface area contributed by atoms with Crippen molar-refractivity contribution in [2.24, 2.45) is 5.92 Å². The zero-order valence-electron chi connectivity index (χ0n) is 22.5. The molecule has 0 aliphatic heterocycles. The van der Waals surface area contributed by atoms with Gasteiger partial charge in [0.05, 0.1) is 24.4 Å². The fourth-order valence-corrected chi connectivity index (χ4v) is 4.68. The SMILES string of the molecule is C=C(CO)C(=O)OCOc1cc(OCOC(=O)C(=C)CO)cc(-c2ccc(C3CCC(CCC)CC3)cc2)c1. The fourth-order valence-electron chi connectivity index (χ4n) is 4.68. The van der Waals surface area contributed by atoms with E-state index in [4.69, 9.17) is 29.2 Å². The molecule has 3 rings (SSSR count). The topological polar surface area (TPSA) is 112 Å². The highest BCUT2D eigenvalue weighted by Crippen LogP contribution is 2.38. The lowest BCUT2D eigenvalue weighted by molar-refractivity contribution is -0.146. The smallest absolute Gasteiger partial charge is 0.338 e. The average molecular weight is 539 g/mol. The third-order valence-corrected chi connectivity index (χ3v) is 6.93. The number of aliphatic hydroxyl groups is 2. The van der Waals surface area contributed by atoms with Crippen LogP contribution in [0.4, 0.5) is 0 Å². The van der Waals surface area contributed by atoms with Gasteiger partial charge in [-0.3, -0.25) is 0 Å². The number of aliphatic hydroxyl groups excluding tert-OH is 2. The molecule has 2 aromatic carbocycles. The molecule has 1 aliphatic rings. The molecule has 0 spiro atoms. The Kier molecular flexibility index (Phi) is 11.6. The first-order valence-electron chi connectivity index (χ1n) is 13.3. The van der Waals surface area contributed by atoms with E-state index in [-0.39, 0.29) is 11.1 Å². The molecule has 0 saturated heterocycles. The first-order valence-corrected chi connectivity index (χ1v) is 13.3. The number of carbonyl (C=O) groups excluding carboxylic acids is 2. The summed E-state index contributed by atoms with van der Waals surface area (Å²) >= 11 is 0. The lowest BCUT2D eigenvalue weighted by atomic mass is 9.77. The summed E-state index contributed by atoms with van der Waals surface area (Å²) in [6.45, 7) is 7.28. The predicted molar refractivity (Wildman–Crippen MR) is 147 cm³/mol. The van der Waals surface area contributed by atoms with Crippen LogP contribution in [0.5, 0.6) is 11.5 Å². The maximum atomic E-state index is 11.8. The summed E-state index contributed by atoms with van der Waals surface area (Å²) in [7, 11) is 0. The molecular weight excluding hydrogens is 500 g/mol. The van der Waals surface area contributed by atoms with Crippen molar-refractivity contribution in [3.63, 3.8) is 0 Å². The number of hydrogen-bond acceptors (Lipinski definition) is 8. The molecule has 2 aromatic rings. The number of ether oxygens (including phenoxy) is 4. The van der Waals surface area contributed by atoms with Crippen LogP contribution in [0.3, 0.4) is 0 Å². The van der Waals surface area contributed by atoms with E-state index in [1.165, 1.54) is 44.1 Å². The predicted octanol–water partition coefficient (Wildman–Crippen LogP) is 5.28. The first-order chi connectivity index (χ1) is 18.8. The largest absolute Gasteiger partial charge is 0.457 e. The quantitative estimate of drug-likeness (QED) is 0.190. The molecule has 2 N–H and O–H groups in total. The summed E-state index contributed by atoms with van der Waals surface area (Å²) in [4.78, 5) is 23.5. The maximum absolute atomic E-state index is 11.8. The van der Waals surface area contributed by atoms with Crippen LogP contribution in [0.15, 0.2) is 66.8 Å². The molecule has 0 amide bonds. The Bertz CT molecular complexity index is 1080. The van der Waals surface area contributed by atoms with E-state index >= 15 is 0 Å². The summed E-state index contributed by atoms with van der Waals surface area (Å²) in [5.74, 6) is 0.616. The monoisotopic (exact) mass is 538 g/mol. The van der Waals surface area contributed by atoms with Crippen LogP contribution >= 0.6 is 0 Å². The maximum Gasteiger partial charge on any atom is 0.338 e. The Morgan fingerprint density at radius 3 is 1.77 bits per heavy atom. The van der Waals surface area contributed by atoms with Gasteiger partial charge in [-0.05, 0) is 66.3 Å². The van der Waals surface area contributed by atoms with Crippen LogP contribution in [0, 0.1) is 5.92 Å². The highest BCUT2D eigenvalue weighted by Gasteiger charge is 2.22. The summed E-state index contributed by atoms with van der Waals surface area (Å²) in [5.41, 5.74) is 2.90. The van der Waals surface area contributed by atoms with Crippen LogP contribution in [-0.4, -0.2) is 49.0 Å². The lowest BCUT2D eigenvalue weighted by Gasteiger charge is -2.28. The molecule has 0 aromatic heterocycles. The van der Waals surface area contributed by atoms with Crippen molar-refractivity contribution in [1.82, 2.24) is 0 Å². The van der Waals surface area contributed by atoms with Crippen molar-refractivity contribution in [2.75, 3.05) is 26.8 Å². The minimum absolute atomic E-state index is 0.0819. The Morgan fingerprint density at radius 1 is 0.795 bits per heavy atom. The Labute approximate surface area is 229 Å². The number of esters is 2. The van der Waals surface area contributed by atoms with Crippen molar-refractivity contribution >= 4 is 11.9 Å². The Balaban J connectivity index is 1.72. The Morgan fingerprint density at radius 2 is 1.31 bits per heavy atom. The third-order valence-electron chi connectivity index (χ3n) is 6.93. The third kappa shape index (κ3) is 8.97. The average Bonchev–Trinajstić information content (AvgIpc) is 2.96. The van der Waals surface area contributed by atoms with E-state index in [1.54, 1.807) is 18.2 Å². The van der Waals surface area contributed by atoms with Crippen molar-refractivity contribution in [2.45, 2.75) is 51.4 Å². The lowest BCUT2D eigenvalue weighted by Crippen LogP contribution is -2.14. The second kappa shape index (κ2) is 15.1. The molecule has 0 radical (unpaired) electrons. The number of carbonyl (C=O) groups is 2. The molecular formula is C31H38O8. The van der Waals surface area contributed by atoms with Gasteiger partial charge in [0.15, 0.2) is 0 Å². The molecule has 8 heteroatoms. The van der Waals surface area contributed by atoms with E-state index in [0.717, 1.165) is 17.0 Å². The van der Waals surface area contributed by atoms with E-state index in [0.29, 0.717) is 17.4 Å². The second-order valence-corrected chi connectivity index (χ2v) is 9.73. The summed E-state index contributed by atoms with van der Waals surface area (Å²) < 4.78 is 21.2. The van der Waals surface area contributed by atoms with Gasteiger partial charge in [-0.2, -0.15) is 0 Å². The molecule has 1 saturated carbocycles. The second-order valence-electron chi connectivity index (χ2n) is 9.73. The normalized spacial score (nSPS) is 16.7. The molecule has 0 heterocycles. The van der Waals surface area contributed by atoms with Crippen LogP contribution in [-0.2, 0) is 19.1 Å². The molecule has 0 bridgehead atoms. The van der Waals surface area contributed by atoms with Gasteiger partial charge in [-0.1, -0.05) is 57.2 Å². The van der Waals surface area contributed by atoms with Gasteiger partial charge in [0.1, 0.15) is 11.5 Å². The highest BCUT2D eigenvalue weighted by atomic mass is 16.7. The van der Waals surface area contributed by atoms with Crippen LogP contribution in [0.1, 0.15) is 56.9 Å². The zero-order chi connectivity index (χ0) is 28.2. The van der Waals surface area contributed by atoms with Gasteiger partial charge in [-0.15, -0.1) is 0 Å². The van der Waals surface area contributed by atoms with Crippen molar-refractivity contribution in [1.29, 1.82) is 0 Å². The van der Waals surface area contributed by atoms with Gasteiger partial charge >= 0.3 is 11.9 Å². The van der Waals surface area contributed by atoms with Gasteiger partial charge < -0.3 is 29.2 Å².